The minimum atomic E-state index is 0.326. The van der Waals surface area contributed by atoms with Gasteiger partial charge in [0.05, 0.1) is 18.1 Å². The Morgan fingerprint density at radius 3 is 2.45 bits per heavy atom. The minimum Gasteiger partial charge on any atom is -0.333 e. The average Bonchev–Trinajstić information content (AvgIpc) is 2.73. The van der Waals surface area contributed by atoms with Crippen LogP contribution in [-0.2, 0) is 6.54 Å². The fourth-order valence-electron chi connectivity index (χ4n) is 2.44. The van der Waals surface area contributed by atoms with E-state index >= 15 is 0 Å². The number of hydrogen-bond acceptors (Lipinski definition) is 2. The molecule has 0 aliphatic rings. The van der Waals surface area contributed by atoms with Gasteiger partial charge in [0.15, 0.2) is 0 Å². The van der Waals surface area contributed by atoms with Crippen LogP contribution in [0.2, 0.25) is 0 Å². The maximum absolute atomic E-state index is 4.39. The first-order valence-corrected chi connectivity index (χ1v) is 7.31. The van der Waals surface area contributed by atoms with Crippen LogP contribution in [0, 0.1) is 27.7 Å². The highest BCUT2D eigenvalue weighted by atomic mass is 15.1. The van der Waals surface area contributed by atoms with Crippen molar-refractivity contribution in [2.45, 2.75) is 47.2 Å². The molecule has 108 valence electrons. The number of nitrogens with one attached hydrogen (secondary N) is 1. The van der Waals surface area contributed by atoms with Crippen molar-refractivity contribution < 1.29 is 0 Å². The van der Waals surface area contributed by atoms with Crippen molar-refractivity contribution in [3.8, 4) is 0 Å². The Labute approximate surface area is 122 Å². The third-order valence-electron chi connectivity index (χ3n) is 4.11. The van der Waals surface area contributed by atoms with Crippen molar-refractivity contribution in [3.05, 3.63) is 52.6 Å². The zero-order chi connectivity index (χ0) is 14.7. The van der Waals surface area contributed by atoms with Gasteiger partial charge < -0.3 is 9.88 Å². The lowest BCUT2D eigenvalue weighted by Crippen LogP contribution is -2.25. The molecule has 1 aromatic heterocycles. The summed E-state index contributed by atoms with van der Waals surface area (Å²) >= 11 is 0. The molecule has 20 heavy (non-hydrogen) atoms. The van der Waals surface area contributed by atoms with Crippen LogP contribution in [-0.4, -0.2) is 16.1 Å². The topological polar surface area (TPSA) is 29.9 Å². The molecule has 0 fully saturated rings. The number of benzene rings is 1. The van der Waals surface area contributed by atoms with Crippen LogP contribution in [0.1, 0.15) is 41.0 Å². The lowest BCUT2D eigenvalue weighted by atomic mass is 10.0. The maximum atomic E-state index is 4.39. The van der Waals surface area contributed by atoms with Gasteiger partial charge in [-0.1, -0.05) is 25.1 Å². The molecule has 1 aromatic carbocycles. The molecule has 1 unspecified atom stereocenters. The molecular formula is C17H25N3. The van der Waals surface area contributed by atoms with Gasteiger partial charge in [-0.25, -0.2) is 4.98 Å². The third kappa shape index (κ3) is 3.10. The van der Waals surface area contributed by atoms with E-state index in [1.165, 1.54) is 22.4 Å². The van der Waals surface area contributed by atoms with Crippen LogP contribution in [0.5, 0.6) is 0 Å². The maximum Gasteiger partial charge on any atom is 0.0952 e. The first kappa shape index (κ1) is 14.8. The predicted octanol–water partition coefficient (Wildman–Crippen LogP) is 3.47. The quantitative estimate of drug-likeness (QED) is 0.902. The summed E-state index contributed by atoms with van der Waals surface area (Å²) in [5.74, 6) is 0. The van der Waals surface area contributed by atoms with Crippen LogP contribution in [0.4, 0.5) is 0 Å². The van der Waals surface area contributed by atoms with Crippen LogP contribution in [0.25, 0.3) is 0 Å². The van der Waals surface area contributed by atoms with Gasteiger partial charge in [-0.3, -0.25) is 0 Å². The van der Waals surface area contributed by atoms with Gasteiger partial charge in [0.2, 0.25) is 0 Å². The van der Waals surface area contributed by atoms with Gasteiger partial charge in [-0.2, -0.15) is 0 Å². The number of hydrogen-bond donors (Lipinski definition) is 1. The second-order valence-corrected chi connectivity index (χ2v) is 5.52. The van der Waals surface area contributed by atoms with Gasteiger partial charge >= 0.3 is 0 Å². The normalized spacial score (nSPS) is 12.7. The summed E-state index contributed by atoms with van der Waals surface area (Å²) in [4.78, 5) is 4.39. The summed E-state index contributed by atoms with van der Waals surface area (Å²) in [7, 11) is 0. The number of imidazole rings is 1. The molecule has 1 heterocycles. The lowest BCUT2D eigenvalue weighted by molar-refractivity contribution is 0.469. The molecule has 3 heteroatoms. The zero-order valence-corrected chi connectivity index (χ0v) is 13.2. The van der Waals surface area contributed by atoms with Gasteiger partial charge in [-0.05, 0) is 50.9 Å². The highest BCUT2D eigenvalue weighted by Gasteiger charge is 2.13. The first-order chi connectivity index (χ1) is 9.52. The summed E-state index contributed by atoms with van der Waals surface area (Å²) in [6.07, 6.45) is 1.94. The van der Waals surface area contributed by atoms with Crippen molar-refractivity contribution in [2.24, 2.45) is 0 Å². The van der Waals surface area contributed by atoms with Crippen LogP contribution >= 0.6 is 0 Å². The van der Waals surface area contributed by atoms with E-state index in [2.05, 4.69) is 67.7 Å². The number of aromatic nitrogens is 2. The van der Waals surface area contributed by atoms with E-state index < -0.39 is 0 Å². The van der Waals surface area contributed by atoms with E-state index in [9.17, 15) is 0 Å². The van der Waals surface area contributed by atoms with Crippen molar-refractivity contribution in [1.29, 1.82) is 0 Å². The van der Waals surface area contributed by atoms with Crippen LogP contribution in [0.3, 0.4) is 0 Å². The van der Waals surface area contributed by atoms with Gasteiger partial charge in [0.25, 0.3) is 0 Å². The van der Waals surface area contributed by atoms with E-state index in [-0.39, 0.29) is 0 Å². The van der Waals surface area contributed by atoms with E-state index in [4.69, 9.17) is 0 Å². The molecule has 3 nitrogen and oxygen atoms in total. The SMILES string of the molecule is CCNC(Cn1cnc(C)c1C)c1ccc(C)c(C)c1. The molecule has 0 saturated carbocycles. The van der Waals surface area contributed by atoms with Crippen molar-refractivity contribution in [3.63, 3.8) is 0 Å². The number of aryl methyl sites for hydroxylation is 3. The lowest BCUT2D eigenvalue weighted by Gasteiger charge is -2.21. The highest BCUT2D eigenvalue weighted by Crippen LogP contribution is 2.20. The average molecular weight is 271 g/mol. The Hall–Kier alpha value is -1.61. The third-order valence-corrected chi connectivity index (χ3v) is 4.11. The predicted molar refractivity (Wildman–Crippen MR) is 84.0 cm³/mol. The van der Waals surface area contributed by atoms with Gasteiger partial charge in [-0.15, -0.1) is 0 Å². The Morgan fingerprint density at radius 1 is 1.15 bits per heavy atom. The molecule has 0 aliphatic carbocycles. The first-order valence-electron chi connectivity index (χ1n) is 7.31. The summed E-state index contributed by atoms with van der Waals surface area (Å²) in [5.41, 5.74) is 6.40. The fraction of sp³-hybridized carbons (Fsp3) is 0.471. The smallest absolute Gasteiger partial charge is 0.0952 e. The molecule has 2 rings (SSSR count). The standard InChI is InChI=1S/C17H25N3/c1-6-18-17(10-20-11-19-14(4)15(20)5)16-8-7-12(2)13(3)9-16/h7-9,11,17-18H,6,10H2,1-5H3. The second-order valence-electron chi connectivity index (χ2n) is 5.52. The van der Waals surface area contributed by atoms with E-state index in [1.54, 1.807) is 0 Å². The molecule has 0 radical (unpaired) electrons. The fourth-order valence-corrected chi connectivity index (χ4v) is 2.44. The monoisotopic (exact) mass is 271 g/mol. The Morgan fingerprint density at radius 2 is 1.90 bits per heavy atom. The van der Waals surface area contributed by atoms with E-state index in [0.29, 0.717) is 6.04 Å². The van der Waals surface area contributed by atoms with Crippen LogP contribution < -0.4 is 5.32 Å². The summed E-state index contributed by atoms with van der Waals surface area (Å²) in [5, 5.41) is 3.58. The molecule has 1 N–H and O–H groups in total. The largest absolute Gasteiger partial charge is 0.333 e. The van der Waals surface area contributed by atoms with E-state index in [1.807, 2.05) is 6.33 Å². The Balaban J connectivity index is 2.26. The minimum absolute atomic E-state index is 0.326. The van der Waals surface area contributed by atoms with E-state index in [0.717, 1.165) is 18.8 Å². The highest BCUT2D eigenvalue weighted by molar-refractivity contribution is 5.31. The van der Waals surface area contributed by atoms with Crippen molar-refractivity contribution in [2.75, 3.05) is 6.54 Å². The van der Waals surface area contributed by atoms with Crippen molar-refractivity contribution >= 4 is 0 Å². The molecule has 0 spiro atoms. The zero-order valence-electron chi connectivity index (χ0n) is 13.2. The second kappa shape index (κ2) is 6.23. The molecule has 2 aromatic rings. The number of rotatable bonds is 5. The summed E-state index contributed by atoms with van der Waals surface area (Å²) in [6.45, 7) is 12.6. The number of nitrogens with zero attached hydrogens (tertiary/aromatic N) is 2. The molecule has 0 aliphatic heterocycles. The van der Waals surface area contributed by atoms with Gasteiger partial charge in [0.1, 0.15) is 0 Å². The van der Waals surface area contributed by atoms with Crippen LogP contribution in [0.15, 0.2) is 24.5 Å². The van der Waals surface area contributed by atoms with Gasteiger partial charge in [0, 0.05) is 12.2 Å². The Kier molecular flexibility index (Phi) is 4.61. The Bertz CT molecular complexity index is 584. The molecule has 0 saturated heterocycles. The molecule has 0 bridgehead atoms. The molecule has 0 amide bonds. The number of likely N-dealkylation sites (N-methyl/N-ethyl adjacent to an activating group) is 1. The van der Waals surface area contributed by atoms with Crippen molar-refractivity contribution in [1.82, 2.24) is 14.9 Å². The summed E-state index contributed by atoms with van der Waals surface area (Å²) in [6, 6.07) is 7.06. The summed E-state index contributed by atoms with van der Waals surface area (Å²) < 4.78 is 2.23. The molecular weight excluding hydrogens is 246 g/mol. The molecule has 1 atom stereocenters.